The van der Waals surface area contributed by atoms with E-state index in [9.17, 15) is 4.79 Å². The molecule has 0 saturated carbocycles. The van der Waals surface area contributed by atoms with Gasteiger partial charge in [-0.2, -0.15) is 0 Å². The average molecular weight is 241 g/mol. The lowest BCUT2D eigenvalue weighted by Crippen LogP contribution is -2.09. The Kier molecular flexibility index (Phi) is 5.09. The summed E-state index contributed by atoms with van der Waals surface area (Å²) in [6, 6.07) is 0. The molecule has 6 nitrogen and oxygen atoms in total. The van der Waals surface area contributed by atoms with Crippen molar-refractivity contribution in [2.45, 2.75) is 52.2 Å². The van der Waals surface area contributed by atoms with E-state index >= 15 is 0 Å². The molecule has 1 aromatic heterocycles. The predicted molar refractivity (Wildman–Crippen MR) is 61.7 cm³/mol. The van der Waals surface area contributed by atoms with Gasteiger partial charge >= 0.3 is 5.97 Å². The van der Waals surface area contributed by atoms with Crippen LogP contribution in [-0.4, -0.2) is 37.3 Å². The highest BCUT2D eigenvalue weighted by Gasteiger charge is 2.13. The van der Waals surface area contributed by atoms with Crippen molar-refractivity contribution in [2.24, 2.45) is 0 Å². The number of hydrogen-bond donors (Lipinski definition) is 2. The number of carboxylic acids is 1. The van der Waals surface area contributed by atoms with Crippen LogP contribution in [0.2, 0.25) is 0 Å². The molecule has 0 fully saturated rings. The summed E-state index contributed by atoms with van der Waals surface area (Å²) in [5.41, 5.74) is 1.41. The lowest BCUT2D eigenvalue weighted by Gasteiger charge is -2.06. The lowest BCUT2D eigenvalue weighted by atomic mass is 10.2. The third-order valence-corrected chi connectivity index (χ3v) is 2.56. The van der Waals surface area contributed by atoms with Crippen LogP contribution in [0.25, 0.3) is 0 Å². The molecule has 2 N–H and O–H groups in total. The molecule has 1 aromatic rings. The van der Waals surface area contributed by atoms with Gasteiger partial charge in [0.2, 0.25) is 0 Å². The molecule has 0 aromatic carbocycles. The fraction of sp³-hybridized carbons (Fsp3) is 0.727. The van der Waals surface area contributed by atoms with Crippen LogP contribution >= 0.6 is 0 Å². The lowest BCUT2D eigenvalue weighted by molar-refractivity contribution is -0.136. The summed E-state index contributed by atoms with van der Waals surface area (Å²) in [4.78, 5) is 10.6. The van der Waals surface area contributed by atoms with E-state index in [1.54, 1.807) is 11.6 Å². The first kappa shape index (κ1) is 13.6. The third kappa shape index (κ3) is 4.14. The molecule has 0 aliphatic rings. The summed E-state index contributed by atoms with van der Waals surface area (Å²) in [5.74, 6) is -0.893. The van der Waals surface area contributed by atoms with Gasteiger partial charge in [0.05, 0.1) is 23.9 Å². The molecule has 1 rings (SSSR count). The molecule has 17 heavy (non-hydrogen) atoms. The van der Waals surface area contributed by atoms with E-state index in [4.69, 9.17) is 10.2 Å². The molecule has 0 radical (unpaired) electrons. The summed E-state index contributed by atoms with van der Waals surface area (Å²) >= 11 is 0. The molecule has 0 spiro atoms. The minimum atomic E-state index is -0.893. The number of carbonyl (C=O) groups is 1. The van der Waals surface area contributed by atoms with Crippen LogP contribution in [0, 0.1) is 0 Å². The molecule has 0 bridgehead atoms. The van der Waals surface area contributed by atoms with E-state index in [1.807, 2.05) is 6.92 Å². The minimum absolute atomic E-state index is 0.0838. The van der Waals surface area contributed by atoms with Gasteiger partial charge < -0.3 is 10.2 Å². The first-order valence-electron chi connectivity index (χ1n) is 5.85. The molecule has 0 saturated heterocycles. The molecule has 1 unspecified atom stereocenters. The zero-order valence-electron chi connectivity index (χ0n) is 10.3. The van der Waals surface area contributed by atoms with Gasteiger partial charge in [-0.15, -0.1) is 5.10 Å². The topological polar surface area (TPSA) is 88.2 Å². The normalized spacial score (nSPS) is 12.6. The van der Waals surface area contributed by atoms with Crippen LogP contribution in [-0.2, 0) is 24.2 Å². The highest BCUT2D eigenvalue weighted by molar-refractivity contribution is 5.69. The van der Waals surface area contributed by atoms with E-state index in [0.29, 0.717) is 25.1 Å². The van der Waals surface area contributed by atoms with Crippen molar-refractivity contribution in [1.82, 2.24) is 15.0 Å². The molecule has 0 aliphatic heterocycles. The van der Waals surface area contributed by atoms with Gasteiger partial charge in [0.25, 0.3) is 0 Å². The highest BCUT2D eigenvalue weighted by Crippen LogP contribution is 2.09. The second-order valence-corrected chi connectivity index (χ2v) is 4.12. The number of aromatic nitrogens is 3. The Bertz CT molecular complexity index is 374. The van der Waals surface area contributed by atoms with E-state index in [0.717, 1.165) is 12.1 Å². The Morgan fingerprint density at radius 3 is 2.76 bits per heavy atom. The second kappa shape index (κ2) is 6.34. The van der Waals surface area contributed by atoms with Crippen molar-refractivity contribution in [3.05, 3.63) is 11.4 Å². The van der Waals surface area contributed by atoms with Crippen molar-refractivity contribution in [3.63, 3.8) is 0 Å². The summed E-state index contributed by atoms with van der Waals surface area (Å²) in [6.07, 6.45) is 1.82. The molecule has 96 valence electrons. The van der Waals surface area contributed by atoms with E-state index in [2.05, 4.69) is 10.3 Å². The monoisotopic (exact) mass is 241 g/mol. The molecule has 0 amide bonds. The van der Waals surface area contributed by atoms with Crippen LogP contribution in [0.15, 0.2) is 0 Å². The molecule has 0 aliphatic carbocycles. The van der Waals surface area contributed by atoms with Gasteiger partial charge in [-0.05, 0) is 26.2 Å². The second-order valence-electron chi connectivity index (χ2n) is 4.12. The third-order valence-electron chi connectivity index (χ3n) is 2.56. The van der Waals surface area contributed by atoms with Gasteiger partial charge in [0.1, 0.15) is 0 Å². The van der Waals surface area contributed by atoms with Crippen molar-refractivity contribution in [1.29, 1.82) is 0 Å². The standard InChI is InChI=1S/C11H19N3O3/c1-3-10-9(7-11(16)17)12-13-14(10)6-4-5-8(2)15/h8,15H,3-7H2,1-2H3,(H,16,17). The molecule has 6 heteroatoms. The van der Waals surface area contributed by atoms with Crippen molar-refractivity contribution < 1.29 is 15.0 Å². The van der Waals surface area contributed by atoms with Crippen LogP contribution in [0.4, 0.5) is 0 Å². The Hall–Kier alpha value is -1.43. The summed E-state index contributed by atoms with van der Waals surface area (Å²) < 4.78 is 1.74. The quantitative estimate of drug-likeness (QED) is 0.731. The van der Waals surface area contributed by atoms with Crippen LogP contribution < -0.4 is 0 Å². The van der Waals surface area contributed by atoms with Gasteiger partial charge in [0.15, 0.2) is 0 Å². The number of nitrogens with zero attached hydrogens (tertiary/aromatic N) is 3. The zero-order valence-corrected chi connectivity index (χ0v) is 10.3. The van der Waals surface area contributed by atoms with Crippen LogP contribution in [0.1, 0.15) is 38.1 Å². The van der Waals surface area contributed by atoms with Crippen LogP contribution in [0.3, 0.4) is 0 Å². The summed E-state index contributed by atoms with van der Waals surface area (Å²) in [5, 5.41) is 25.7. The Labute approximate surface area is 100 Å². The van der Waals surface area contributed by atoms with E-state index in [-0.39, 0.29) is 12.5 Å². The largest absolute Gasteiger partial charge is 0.481 e. The Morgan fingerprint density at radius 2 is 2.24 bits per heavy atom. The van der Waals surface area contributed by atoms with Gasteiger partial charge in [-0.1, -0.05) is 12.1 Å². The van der Waals surface area contributed by atoms with Gasteiger partial charge in [0, 0.05) is 6.54 Å². The fourth-order valence-corrected chi connectivity index (χ4v) is 1.75. The van der Waals surface area contributed by atoms with Crippen molar-refractivity contribution in [2.75, 3.05) is 0 Å². The maximum absolute atomic E-state index is 10.6. The summed E-state index contributed by atoms with van der Waals surface area (Å²) in [6.45, 7) is 4.37. The van der Waals surface area contributed by atoms with Gasteiger partial charge in [-0.25, -0.2) is 4.68 Å². The number of rotatable bonds is 7. The van der Waals surface area contributed by atoms with Gasteiger partial charge in [-0.3, -0.25) is 4.79 Å². The van der Waals surface area contributed by atoms with Crippen LogP contribution in [0.5, 0.6) is 0 Å². The Morgan fingerprint density at radius 1 is 1.53 bits per heavy atom. The number of aliphatic hydroxyl groups is 1. The number of aryl methyl sites for hydroxylation is 1. The van der Waals surface area contributed by atoms with Crippen molar-refractivity contribution >= 4 is 5.97 Å². The maximum Gasteiger partial charge on any atom is 0.309 e. The average Bonchev–Trinajstić information content (AvgIpc) is 2.59. The Balaban J connectivity index is 2.65. The highest BCUT2D eigenvalue weighted by atomic mass is 16.4. The molecule has 1 atom stereocenters. The molecular formula is C11H19N3O3. The fourth-order valence-electron chi connectivity index (χ4n) is 1.75. The maximum atomic E-state index is 10.6. The first-order valence-corrected chi connectivity index (χ1v) is 5.85. The van der Waals surface area contributed by atoms with Crippen molar-refractivity contribution in [3.8, 4) is 0 Å². The number of carboxylic acid groups (broad SMARTS) is 1. The number of hydrogen-bond acceptors (Lipinski definition) is 4. The molecule has 1 heterocycles. The summed E-state index contributed by atoms with van der Waals surface area (Å²) in [7, 11) is 0. The SMILES string of the molecule is CCc1c(CC(=O)O)nnn1CCCC(C)O. The minimum Gasteiger partial charge on any atom is -0.481 e. The number of aliphatic hydroxyl groups excluding tert-OH is 1. The zero-order chi connectivity index (χ0) is 12.8. The predicted octanol–water partition coefficient (Wildman–Crippen LogP) is 0.629. The van der Waals surface area contributed by atoms with E-state index in [1.165, 1.54) is 0 Å². The first-order chi connectivity index (χ1) is 8.04. The van der Waals surface area contributed by atoms with E-state index < -0.39 is 5.97 Å². The molecular weight excluding hydrogens is 222 g/mol. The smallest absolute Gasteiger partial charge is 0.309 e. The number of aliphatic carboxylic acids is 1.